The van der Waals surface area contributed by atoms with Crippen LogP contribution in [0, 0.1) is 5.82 Å². The second kappa shape index (κ2) is 9.95. The zero-order valence-corrected chi connectivity index (χ0v) is 16.4. The number of benzene rings is 2. The van der Waals surface area contributed by atoms with Gasteiger partial charge in [-0.25, -0.2) is 4.39 Å². The molecule has 3 nitrogen and oxygen atoms in total. The third-order valence-corrected chi connectivity index (χ3v) is 5.92. The van der Waals surface area contributed by atoms with Crippen LogP contribution >= 0.6 is 24.2 Å². The van der Waals surface area contributed by atoms with Crippen molar-refractivity contribution in [2.45, 2.75) is 29.0 Å². The Morgan fingerprint density at radius 3 is 2.35 bits per heavy atom. The van der Waals surface area contributed by atoms with E-state index in [9.17, 15) is 9.18 Å². The minimum atomic E-state index is -0.427. The van der Waals surface area contributed by atoms with Gasteiger partial charge in [-0.1, -0.05) is 42.5 Å². The summed E-state index contributed by atoms with van der Waals surface area (Å²) in [5.74, 6) is -0.218. The number of halogens is 2. The van der Waals surface area contributed by atoms with Gasteiger partial charge in [0.1, 0.15) is 11.1 Å². The molecule has 1 saturated heterocycles. The van der Waals surface area contributed by atoms with E-state index in [0.29, 0.717) is 10.9 Å². The van der Waals surface area contributed by atoms with E-state index in [-0.39, 0.29) is 24.1 Å². The molecule has 1 atom stereocenters. The van der Waals surface area contributed by atoms with Crippen LogP contribution < -0.4 is 5.32 Å². The van der Waals surface area contributed by atoms with Crippen molar-refractivity contribution in [2.24, 2.45) is 0 Å². The van der Waals surface area contributed by atoms with Crippen LogP contribution in [0.15, 0.2) is 59.5 Å². The van der Waals surface area contributed by atoms with Gasteiger partial charge in [0, 0.05) is 24.0 Å². The molecule has 0 bridgehead atoms. The average Bonchev–Trinajstić information content (AvgIpc) is 2.67. The van der Waals surface area contributed by atoms with Crippen LogP contribution in [0.25, 0.3) is 0 Å². The van der Waals surface area contributed by atoms with Gasteiger partial charge in [0.15, 0.2) is 0 Å². The first-order valence-corrected chi connectivity index (χ1v) is 9.49. The summed E-state index contributed by atoms with van der Waals surface area (Å²) < 4.78 is 14.1. The SMILES string of the molecule is CNC1CCN(C(=O)C(Sc2ccccc2F)c2ccccc2)CC1.Cl. The van der Waals surface area contributed by atoms with Crippen molar-refractivity contribution in [2.75, 3.05) is 20.1 Å². The highest BCUT2D eigenvalue weighted by atomic mass is 35.5. The number of carbonyl (C=O) groups excluding carboxylic acids is 1. The van der Waals surface area contributed by atoms with E-state index in [1.165, 1.54) is 17.8 Å². The Kier molecular flexibility index (Phi) is 7.94. The molecule has 0 radical (unpaired) electrons. The van der Waals surface area contributed by atoms with Gasteiger partial charge < -0.3 is 10.2 Å². The molecule has 1 amide bonds. The zero-order valence-electron chi connectivity index (χ0n) is 14.7. The first kappa shape index (κ1) is 20.7. The number of thioether (sulfide) groups is 1. The molecular formula is C20H24ClFN2OS. The molecule has 1 fully saturated rings. The number of amides is 1. The smallest absolute Gasteiger partial charge is 0.240 e. The van der Waals surface area contributed by atoms with Crippen molar-refractivity contribution in [3.05, 3.63) is 66.0 Å². The van der Waals surface area contributed by atoms with Crippen LogP contribution in [-0.2, 0) is 4.79 Å². The fraction of sp³-hybridized carbons (Fsp3) is 0.350. The third kappa shape index (κ3) is 5.00. The summed E-state index contributed by atoms with van der Waals surface area (Å²) in [6.07, 6.45) is 1.90. The van der Waals surface area contributed by atoms with Gasteiger partial charge in [-0.2, -0.15) is 0 Å². The topological polar surface area (TPSA) is 32.3 Å². The predicted octanol–water partition coefficient (Wildman–Crippen LogP) is 4.29. The van der Waals surface area contributed by atoms with Gasteiger partial charge in [-0.3, -0.25) is 4.79 Å². The fourth-order valence-electron chi connectivity index (χ4n) is 3.11. The number of piperidine rings is 1. The van der Waals surface area contributed by atoms with Gasteiger partial charge in [0.05, 0.1) is 0 Å². The molecule has 1 aliphatic heterocycles. The summed E-state index contributed by atoms with van der Waals surface area (Å²) in [6, 6.07) is 16.8. The summed E-state index contributed by atoms with van der Waals surface area (Å²) in [6.45, 7) is 1.48. The van der Waals surface area contributed by atoms with Crippen molar-refractivity contribution in [3.8, 4) is 0 Å². The Labute approximate surface area is 164 Å². The molecule has 2 aromatic carbocycles. The Morgan fingerprint density at radius 2 is 1.73 bits per heavy atom. The summed E-state index contributed by atoms with van der Waals surface area (Å²) >= 11 is 1.29. The van der Waals surface area contributed by atoms with Gasteiger partial charge in [0.2, 0.25) is 5.91 Å². The molecule has 2 aromatic rings. The minimum absolute atomic E-state index is 0. The molecule has 0 aromatic heterocycles. The summed E-state index contributed by atoms with van der Waals surface area (Å²) in [7, 11) is 1.96. The third-order valence-electron chi connectivity index (χ3n) is 4.62. The van der Waals surface area contributed by atoms with Crippen LogP contribution in [0.5, 0.6) is 0 Å². The van der Waals surface area contributed by atoms with Crippen LogP contribution in [0.4, 0.5) is 4.39 Å². The number of hydrogen-bond donors (Lipinski definition) is 1. The first-order valence-electron chi connectivity index (χ1n) is 8.61. The lowest BCUT2D eigenvalue weighted by molar-refractivity contribution is -0.131. The maximum Gasteiger partial charge on any atom is 0.240 e. The monoisotopic (exact) mass is 394 g/mol. The summed E-state index contributed by atoms with van der Waals surface area (Å²) in [5, 5.41) is 2.85. The van der Waals surface area contributed by atoms with E-state index in [4.69, 9.17) is 0 Å². The summed E-state index contributed by atoms with van der Waals surface area (Å²) in [4.78, 5) is 15.6. The average molecular weight is 395 g/mol. The Bertz CT molecular complexity index is 708. The largest absolute Gasteiger partial charge is 0.341 e. The van der Waals surface area contributed by atoms with Gasteiger partial charge in [-0.05, 0) is 37.6 Å². The number of carbonyl (C=O) groups is 1. The molecule has 0 spiro atoms. The van der Waals surface area contributed by atoms with Crippen molar-refractivity contribution in [3.63, 3.8) is 0 Å². The number of nitrogens with zero attached hydrogens (tertiary/aromatic N) is 1. The Morgan fingerprint density at radius 1 is 1.12 bits per heavy atom. The second-order valence-corrected chi connectivity index (χ2v) is 7.37. The fourth-order valence-corrected chi connectivity index (χ4v) is 4.25. The molecule has 3 rings (SSSR count). The second-order valence-electron chi connectivity index (χ2n) is 6.23. The first-order chi connectivity index (χ1) is 12.2. The van der Waals surface area contributed by atoms with Gasteiger partial charge in [-0.15, -0.1) is 24.2 Å². The molecule has 26 heavy (non-hydrogen) atoms. The maximum absolute atomic E-state index is 14.1. The predicted molar refractivity (Wildman–Crippen MR) is 107 cm³/mol. The van der Waals surface area contributed by atoms with E-state index >= 15 is 0 Å². The van der Waals surface area contributed by atoms with Crippen LogP contribution in [0.2, 0.25) is 0 Å². The van der Waals surface area contributed by atoms with E-state index in [2.05, 4.69) is 5.32 Å². The minimum Gasteiger partial charge on any atom is -0.341 e. The molecule has 0 saturated carbocycles. The Balaban J connectivity index is 0.00000243. The number of rotatable bonds is 5. The summed E-state index contributed by atoms with van der Waals surface area (Å²) in [5.41, 5.74) is 0.913. The van der Waals surface area contributed by atoms with Crippen LogP contribution in [-0.4, -0.2) is 37.0 Å². The molecule has 1 aliphatic rings. The highest BCUT2D eigenvalue weighted by molar-refractivity contribution is 8.00. The molecule has 1 unspecified atom stereocenters. The molecule has 0 aliphatic carbocycles. The van der Waals surface area contributed by atoms with Crippen LogP contribution in [0.3, 0.4) is 0 Å². The number of hydrogen-bond acceptors (Lipinski definition) is 3. The molecular weight excluding hydrogens is 371 g/mol. The normalized spacial score (nSPS) is 16.0. The van der Waals surface area contributed by atoms with Crippen molar-refractivity contribution in [1.29, 1.82) is 0 Å². The Hall–Kier alpha value is -1.56. The highest BCUT2D eigenvalue weighted by Gasteiger charge is 2.30. The lowest BCUT2D eigenvalue weighted by atomic mass is 10.0. The van der Waals surface area contributed by atoms with E-state index in [1.807, 2.05) is 42.3 Å². The van der Waals surface area contributed by atoms with Gasteiger partial charge >= 0.3 is 0 Å². The molecule has 1 heterocycles. The van der Waals surface area contributed by atoms with Crippen molar-refractivity contribution < 1.29 is 9.18 Å². The van der Waals surface area contributed by atoms with Gasteiger partial charge in [0.25, 0.3) is 0 Å². The number of nitrogens with one attached hydrogen (secondary N) is 1. The molecule has 1 N–H and O–H groups in total. The molecule has 6 heteroatoms. The molecule has 140 valence electrons. The van der Waals surface area contributed by atoms with E-state index in [1.54, 1.807) is 18.2 Å². The van der Waals surface area contributed by atoms with Crippen molar-refractivity contribution >= 4 is 30.1 Å². The quantitative estimate of drug-likeness (QED) is 0.768. The zero-order chi connectivity index (χ0) is 17.6. The van der Waals surface area contributed by atoms with Crippen molar-refractivity contribution in [1.82, 2.24) is 10.2 Å². The van der Waals surface area contributed by atoms with E-state index < -0.39 is 5.25 Å². The number of likely N-dealkylation sites (tertiary alicyclic amines) is 1. The lowest BCUT2D eigenvalue weighted by Gasteiger charge is -2.34. The van der Waals surface area contributed by atoms with Crippen LogP contribution in [0.1, 0.15) is 23.7 Å². The van der Waals surface area contributed by atoms with E-state index in [0.717, 1.165) is 31.5 Å². The maximum atomic E-state index is 14.1. The lowest BCUT2D eigenvalue weighted by Crippen LogP contribution is -2.45. The highest BCUT2D eigenvalue weighted by Crippen LogP contribution is 2.38. The standard InChI is InChI=1S/C20H23FN2OS.ClH/c1-22-16-11-13-23(14-12-16)20(24)19(15-7-3-2-4-8-15)25-18-10-6-5-9-17(18)21;/h2-10,16,19,22H,11-14H2,1H3;1H.